The number of nitrogens with one attached hydrogen (secondary N) is 1. The van der Waals surface area contributed by atoms with Gasteiger partial charge in [0.05, 0.1) is 4.92 Å². The van der Waals surface area contributed by atoms with Gasteiger partial charge in [-0.25, -0.2) is 0 Å². The first-order valence-electron chi connectivity index (χ1n) is 5.52. The van der Waals surface area contributed by atoms with Gasteiger partial charge >= 0.3 is 0 Å². The number of halogens is 1. The van der Waals surface area contributed by atoms with Crippen LogP contribution < -0.4 is 11.1 Å². The van der Waals surface area contributed by atoms with Crippen molar-refractivity contribution in [1.82, 2.24) is 0 Å². The maximum atomic E-state index is 10.9. The van der Waals surface area contributed by atoms with Crippen molar-refractivity contribution < 1.29 is 4.92 Å². The van der Waals surface area contributed by atoms with E-state index in [0.717, 1.165) is 19.3 Å². The van der Waals surface area contributed by atoms with Gasteiger partial charge in [0, 0.05) is 23.2 Å². The molecule has 0 saturated heterocycles. The summed E-state index contributed by atoms with van der Waals surface area (Å²) in [6.07, 6.45) is 2.72. The Morgan fingerprint density at radius 3 is 2.82 bits per heavy atom. The van der Waals surface area contributed by atoms with E-state index in [1.807, 2.05) is 0 Å². The molecule has 1 fully saturated rings. The summed E-state index contributed by atoms with van der Waals surface area (Å²) in [4.78, 5) is 10.5. The fourth-order valence-corrected chi connectivity index (χ4v) is 2.32. The Morgan fingerprint density at radius 1 is 1.47 bits per heavy atom. The summed E-state index contributed by atoms with van der Waals surface area (Å²) in [5.41, 5.74) is 6.33. The van der Waals surface area contributed by atoms with Crippen molar-refractivity contribution in [3.63, 3.8) is 0 Å². The molecule has 1 aliphatic carbocycles. The van der Waals surface area contributed by atoms with Gasteiger partial charge in [-0.3, -0.25) is 10.1 Å². The van der Waals surface area contributed by atoms with Crippen molar-refractivity contribution in [2.75, 3.05) is 5.32 Å². The van der Waals surface area contributed by atoms with Crippen molar-refractivity contribution >= 4 is 23.0 Å². The highest BCUT2D eigenvalue weighted by atomic mass is 35.5. The summed E-state index contributed by atoms with van der Waals surface area (Å²) < 4.78 is 0. The zero-order valence-corrected chi connectivity index (χ0v) is 9.98. The van der Waals surface area contributed by atoms with Crippen LogP contribution in [0, 0.1) is 10.1 Å². The molecular weight excluding hydrogens is 242 g/mol. The van der Waals surface area contributed by atoms with Gasteiger partial charge in [0.15, 0.2) is 0 Å². The Balaban J connectivity index is 2.19. The lowest BCUT2D eigenvalue weighted by molar-refractivity contribution is -0.384. The normalized spacial score (nSPS) is 23.6. The highest BCUT2D eigenvalue weighted by molar-refractivity contribution is 6.31. The molecule has 92 valence electrons. The van der Waals surface area contributed by atoms with E-state index in [1.165, 1.54) is 12.1 Å². The molecule has 0 radical (unpaired) electrons. The molecule has 0 aliphatic heterocycles. The maximum absolute atomic E-state index is 10.9. The smallest absolute Gasteiger partial charge is 0.292 e. The topological polar surface area (TPSA) is 81.2 Å². The average Bonchev–Trinajstić information content (AvgIpc) is 2.63. The van der Waals surface area contributed by atoms with Gasteiger partial charge in [-0.1, -0.05) is 11.6 Å². The third kappa shape index (κ3) is 2.87. The van der Waals surface area contributed by atoms with Crippen molar-refractivity contribution in [3.8, 4) is 0 Å². The molecule has 2 rings (SSSR count). The largest absolute Gasteiger partial charge is 0.377 e. The predicted octanol–water partition coefficient (Wildman–Crippen LogP) is 2.54. The number of benzene rings is 1. The van der Waals surface area contributed by atoms with E-state index in [9.17, 15) is 10.1 Å². The molecule has 1 aromatic rings. The van der Waals surface area contributed by atoms with Crippen LogP contribution in [-0.4, -0.2) is 17.0 Å². The Morgan fingerprint density at radius 2 is 2.24 bits per heavy atom. The molecule has 2 unspecified atom stereocenters. The molecule has 1 saturated carbocycles. The summed E-state index contributed by atoms with van der Waals surface area (Å²) in [6.45, 7) is 0. The number of nitro groups is 1. The first-order chi connectivity index (χ1) is 8.06. The van der Waals surface area contributed by atoms with E-state index in [2.05, 4.69) is 5.32 Å². The third-order valence-corrected chi connectivity index (χ3v) is 3.22. The van der Waals surface area contributed by atoms with Crippen LogP contribution in [0.2, 0.25) is 5.02 Å². The molecule has 3 N–H and O–H groups in total. The Hall–Kier alpha value is -1.33. The number of hydrogen-bond acceptors (Lipinski definition) is 4. The quantitative estimate of drug-likeness (QED) is 0.642. The third-order valence-electron chi connectivity index (χ3n) is 2.99. The predicted molar refractivity (Wildman–Crippen MR) is 67.3 cm³/mol. The second-order valence-corrected chi connectivity index (χ2v) is 4.77. The van der Waals surface area contributed by atoms with Crippen LogP contribution in [0.3, 0.4) is 0 Å². The molecule has 0 bridgehead atoms. The minimum absolute atomic E-state index is 0.0508. The van der Waals surface area contributed by atoms with Crippen LogP contribution in [0.25, 0.3) is 0 Å². The van der Waals surface area contributed by atoms with Crippen molar-refractivity contribution in [1.29, 1.82) is 0 Å². The van der Waals surface area contributed by atoms with Crippen molar-refractivity contribution in [3.05, 3.63) is 33.3 Å². The molecule has 1 aliphatic rings. The van der Waals surface area contributed by atoms with Crippen LogP contribution >= 0.6 is 11.6 Å². The molecule has 0 spiro atoms. The van der Waals surface area contributed by atoms with Gasteiger partial charge in [0.25, 0.3) is 5.69 Å². The van der Waals surface area contributed by atoms with Crippen molar-refractivity contribution in [2.24, 2.45) is 5.73 Å². The van der Waals surface area contributed by atoms with Gasteiger partial charge in [-0.15, -0.1) is 0 Å². The highest BCUT2D eigenvalue weighted by Gasteiger charge is 2.24. The lowest BCUT2D eigenvalue weighted by Gasteiger charge is -2.14. The zero-order valence-electron chi connectivity index (χ0n) is 9.23. The van der Waals surface area contributed by atoms with E-state index < -0.39 is 4.92 Å². The summed E-state index contributed by atoms with van der Waals surface area (Å²) in [5.74, 6) is 0. The number of nitro benzene ring substituents is 1. The summed E-state index contributed by atoms with van der Waals surface area (Å²) in [7, 11) is 0. The summed E-state index contributed by atoms with van der Waals surface area (Å²) in [5, 5.41) is 14.5. The number of nitrogens with zero attached hydrogens (tertiary/aromatic N) is 1. The zero-order chi connectivity index (χ0) is 12.4. The minimum atomic E-state index is -0.409. The highest BCUT2D eigenvalue weighted by Crippen LogP contribution is 2.30. The molecular formula is C11H14ClN3O2. The molecule has 0 heterocycles. The van der Waals surface area contributed by atoms with Gasteiger partial charge in [-0.2, -0.15) is 0 Å². The summed E-state index contributed by atoms with van der Waals surface area (Å²) >= 11 is 5.85. The van der Waals surface area contributed by atoms with E-state index in [0.29, 0.717) is 10.7 Å². The number of hydrogen-bond donors (Lipinski definition) is 2. The van der Waals surface area contributed by atoms with Gasteiger partial charge in [0.1, 0.15) is 5.69 Å². The fourth-order valence-electron chi connectivity index (χ4n) is 2.15. The van der Waals surface area contributed by atoms with Gasteiger partial charge in [-0.05, 0) is 31.4 Å². The van der Waals surface area contributed by atoms with E-state index in [4.69, 9.17) is 17.3 Å². The van der Waals surface area contributed by atoms with Crippen LogP contribution in [0.4, 0.5) is 11.4 Å². The van der Waals surface area contributed by atoms with Gasteiger partial charge < -0.3 is 11.1 Å². The first kappa shape index (κ1) is 12.1. The number of nitrogens with two attached hydrogens (primary N) is 1. The van der Waals surface area contributed by atoms with Crippen molar-refractivity contribution in [2.45, 2.75) is 31.3 Å². The van der Waals surface area contributed by atoms with Crippen LogP contribution in [0.5, 0.6) is 0 Å². The maximum Gasteiger partial charge on any atom is 0.292 e. The molecule has 2 atom stereocenters. The van der Waals surface area contributed by atoms with E-state index in [-0.39, 0.29) is 17.8 Å². The molecule has 6 heteroatoms. The average molecular weight is 256 g/mol. The molecule has 0 aromatic heterocycles. The number of anilines is 1. The Kier molecular flexibility index (Phi) is 3.49. The second kappa shape index (κ2) is 4.89. The molecule has 17 heavy (non-hydrogen) atoms. The SMILES string of the molecule is NC1CCC(Nc2cc(Cl)ccc2[N+](=O)[O-])C1. The van der Waals surface area contributed by atoms with Gasteiger partial charge in [0.2, 0.25) is 0 Å². The monoisotopic (exact) mass is 255 g/mol. The Labute approximate surface area is 104 Å². The van der Waals surface area contributed by atoms with Crippen LogP contribution in [-0.2, 0) is 0 Å². The van der Waals surface area contributed by atoms with E-state index >= 15 is 0 Å². The Bertz CT molecular complexity index is 439. The lowest BCUT2D eigenvalue weighted by atomic mass is 10.2. The molecule has 0 amide bonds. The first-order valence-corrected chi connectivity index (χ1v) is 5.90. The molecule has 1 aromatic carbocycles. The summed E-state index contributed by atoms with van der Waals surface area (Å²) in [6, 6.07) is 4.90. The lowest BCUT2D eigenvalue weighted by Crippen LogP contribution is -2.21. The number of rotatable bonds is 3. The standard InChI is InChI=1S/C11H14ClN3O2/c12-7-1-4-11(15(16)17)10(5-7)14-9-3-2-8(13)6-9/h1,4-5,8-9,14H,2-3,6,13H2. The van der Waals surface area contributed by atoms with Crippen LogP contribution in [0.1, 0.15) is 19.3 Å². The minimum Gasteiger partial charge on any atom is -0.377 e. The fraction of sp³-hybridized carbons (Fsp3) is 0.455. The van der Waals surface area contributed by atoms with Crippen LogP contribution in [0.15, 0.2) is 18.2 Å². The van der Waals surface area contributed by atoms with E-state index in [1.54, 1.807) is 6.07 Å². The second-order valence-electron chi connectivity index (χ2n) is 4.33. The molecule has 5 nitrogen and oxygen atoms in total.